The summed E-state index contributed by atoms with van der Waals surface area (Å²) >= 11 is 5.87. The Hall–Kier alpha value is -1.75. The second-order valence-electron chi connectivity index (χ2n) is 4.10. The van der Waals surface area contributed by atoms with Gasteiger partial charge in [-0.25, -0.2) is 0 Å². The van der Waals surface area contributed by atoms with Crippen LogP contribution in [0.5, 0.6) is 0 Å². The SMILES string of the molecule is CC(Cl)c1nnc(Nc2ccccc2N(C)C)o1. The van der Waals surface area contributed by atoms with E-state index in [-0.39, 0.29) is 5.38 Å². The Bertz CT molecular complexity index is 524. The largest absolute Gasteiger partial charge is 0.406 e. The lowest BCUT2D eigenvalue weighted by atomic mass is 10.2. The number of rotatable bonds is 4. The zero-order valence-electron chi connectivity index (χ0n) is 10.5. The van der Waals surface area contributed by atoms with Gasteiger partial charge in [0.2, 0.25) is 5.89 Å². The number of nitrogens with one attached hydrogen (secondary N) is 1. The fourth-order valence-corrected chi connectivity index (χ4v) is 1.62. The first-order valence-corrected chi connectivity index (χ1v) is 6.02. The first-order chi connectivity index (χ1) is 8.58. The average molecular weight is 267 g/mol. The van der Waals surface area contributed by atoms with Gasteiger partial charge in [-0.1, -0.05) is 17.2 Å². The zero-order valence-corrected chi connectivity index (χ0v) is 11.3. The van der Waals surface area contributed by atoms with Gasteiger partial charge in [0.15, 0.2) is 0 Å². The van der Waals surface area contributed by atoms with Crippen LogP contribution in [0.4, 0.5) is 17.4 Å². The molecule has 5 nitrogen and oxygen atoms in total. The molecule has 96 valence electrons. The Morgan fingerprint density at radius 3 is 2.61 bits per heavy atom. The van der Waals surface area contributed by atoms with Crippen molar-refractivity contribution >= 4 is 29.0 Å². The van der Waals surface area contributed by atoms with Crippen LogP contribution in [0.25, 0.3) is 0 Å². The standard InChI is InChI=1S/C12H15ClN4O/c1-8(13)11-15-16-12(18-11)14-9-6-4-5-7-10(9)17(2)3/h4-8H,1-3H3,(H,14,16). The van der Waals surface area contributed by atoms with Crippen molar-refractivity contribution in [2.45, 2.75) is 12.3 Å². The third kappa shape index (κ3) is 2.73. The monoisotopic (exact) mass is 266 g/mol. The molecule has 1 heterocycles. The predicted molar refractivity (Wildman–Crippen MR) is 72.6 cm³/mol. The summed E-state index contributed by atoms with van der Waals surface area (Å²) in [5, 5.41) is 10.6. The number of aromatic nitrogens is 2. The number of alkyl halides is 1. The van der Waals surface area contributed by atoms with Crippen molar-refractivity contribution in [2.24, 2.45) is 0 Å². The highest BCUT2D eigenvalue weighted by Gasteiger charge is 2.12. The molecular weight excluding hydrogens is 252 g/mol. The Balaban J connectivity index is 2.23. The van der Waals surface area contributed by atoms with Crippen LogP contribution in [0, 0.1) is 0 Å². The van der Waals surface area contributed by atoms with Crippen molar-refractivity contribution in [3.8, 4) is 0 Å². The maximum Gasteiger partial charge on any atom is 0.320 e. The van der Waals surface area contributed by atoms with E-state index in [2.05, 4.69) is 15.5 Å². The van der Waals surface area contributed by atoms with Crippen LogP contribution in [-0.2, 0) is 0 Å². The van der Waals surface area contributed by atoms with Crippen molar-refractivity contribution in [3.63, 3.8) is 0 Å². The first kappa shape index (κ1) is 12.7. The second-order valence-corrected chi connectivity index (χ2v) is 4.75. The molecule has 0 bridgehead atoms. The average Bonchev–Trinajstić information content (AvgIpc) is 2.78. The summed E-state index contributed by atoms with van der Waals surface area (Å²) in [7, 11) is 3.95. The third-order valence-electron chi connectivity index (χ3n) is 2.41. The summed E-state index contributed by atoms with van der Waals surface area (Å²) in [6, 6.07) is 8.21. The Labute approximate surface area is 111 Å². The molecule has 0 saturated heterocycles. The molecule has 2 aromatic rings. The van der Waals surface area contributed by atoms with E-state index in [9.17, 15) is 0 Å². The number of halogens is 1. The van der Waals surface area contributed by atoms with Gasteiger partial charge in [0, 0.05) is 14.1 Å². The molecule has 0 aliphatic carbocycles. The smallest absolute Gasteiger partial charge is 0.320 e. The van der Waals surface area contributed by atoms with E-state index in [1.165, 1.54) is 0 Å². The van der Waals surface area contributed by atoms with Crippen molar-refractivity contribution in [2.75, 3.05) is 24.3 Å². The summed E-state index contributed by atoms with van der Waals surface area (Å²) in [6.07, 6.45) is 0. The van der Waals surface area contributed by atoms with E-state index >= 15 is 0 Å². The highest BCUT2D eigenvalue weighted by molar-refractivity contribution is 6.20. The number of hydrogen-bond donors (Lipinski definition) is 1. The summed E-state index contributed by atoms with van der Waals surface area (Å²) in [5.41, 5.74) is 1.94. The van der Waals surface area contributed by atoms with Gasteiger partial charge >= 0.3 is 6.01 Å². The van der Waals surface area contributed by atoms with Crippen LogP contribution in [-0.4, -0.2) is 24.3 Å². The van der Waals surface area contributed by atoms with Gasteiger partial charge in [0.1, 0.15) is 5.38 Å². The molecule has 0 aliphatic rings. The van der Waals surface area contributed by atoms with Crippen molar-refractivity contribution in [1.82, 2.24) is 10.2 Å². The second kappa shape index (κ2) is 5.27. The first-order valence-electron chi connectivity index (χ1n) is 5.59. The Kier molecular flexibility index (Phi) is 3.72. The van der Waals surface area contributed by atoms with Gasteiger partial charge in [-0.3, -0.25) is 0 Å². The van der Waals surface area contributed by atoms with Gasteiger partial charge in [0.25, 0.3) is 0 Å². The molecule has 1 aromatic carbocycles. The Morgan fingerprint density at radius 1 is 1.28 bits per heavy atom. The van der Waals surface area contributed by atoms with Crippen LogP contribution in [0.1, 0.15) is 18.2 Å². The highest BCUT2D eigenvalue weighted by Crippen LogP contribution is 2.27. The highest BCUT2D eigenvalue weighted by atomic mass is 35.5. The zero-order chi connectivity index (χ0) is 13.1. The van der Waals surface area contributed by atoms with Gasteiger partial charge < -0.3 is 14.6 Å². The van der Waals surface area contributed by atoms with Crippen LogP contribution in [0.3, 0.4) is 0 Å². The minimum Gasteiger partial charge on any atom is -0.406 e. The number of nitrogens with zero attached hydrogens (tertiary/aromatic N) is 3. The van der Waals surface area contributed by atoms with Gasteiger partial charge in [0.05, 0.1) is 11.4 Å². The molecule has 0 saturated carbocycles. The molecule has 1 aromatic heterocycles. The minimum absolute atomic E-state index is 0.294. The third-order valence-corrected chi connectivity index (χ3v) is 2.60. The molecule has 0 amide bonds. The van der Waals surface area contributed by atoms with Crippen LogP contribution < -0.4 is 10.2 Å². The maximum atomic E-state index is 5.87. The normalized spacial score (nSPS) is 12.2. The van der Waals surface area contributed by atoms with Crippen LogP contribution in [0.15, 0.2) is 28.7 Å². The fraction of sp³-hybridized carbons (Fsp3) is 0.333. The molecular formula is C12H15ClN4O. The molecule has 1 N–H and O–H groups in total. The summed E-state index contributed by atoms with van der Waals surface area (Å²) < 4.78 is 5.40. The van der Waals surface area contributed by atoms with Crippen molar-refractivity contribution in [3.05, 3.63) is 30.2 Å². The van der Waals surface area contributed by atoms with E-state index in [1.807, 2.05) is 43.3 Å². The van der Waals surface area contributed by atoms with Crippen LogP contribution in [0.2, 0.25) is 0 Å². The van der Waals surface area contributed by atoms with Gasteiger partial charge in [-0.2, -0.15) is 0 Å². The van der Waals surface area contributed by atoms with Crippen LogP contribution >= 0.6 is 11.6 Å². The van der Waals surface area contributed by atoms with E-state index in [4.69, 9.17) is 16.0 Å². The lowest BCUT2D eigenvalue weighted by Gasteiger charge is -2.16. The van der Waals surface area contributed by atoms with E-state index in [0.29, 0.717) is 11.9 Å². The maximum absolute atomic E-state index is 5.87. The number of benzene rings is 1. The van der Waals surface area contributed by atoms with Crippen molar-refractivity contribution in [1.29, 1.82) is 0 Å². The minimum atomic E-state index is -0.294. The quantitative estimate of drug-likeness (QED) is 0.862. The fourth-order valence-electron chi connectivity index (χ4n) is 1.53. The van der Waals surface area contributed by atoms with E-state index in [1.54, 1.807) is 6.92 Å². The molecule has 0 aliphatic heterocycles. The summed E-state index contributed by atoms with van der Waals surface area (Å²) in [6.45, 7) is 1.78. The molecule has 2 rings (SSSR count). The number of hydrogen-bond acceptors (Lipinski definition) is 5. The summed E-state index contributed by atoms with van der Waals surface area (Å²) in [4.78, 5) is 2.00. The Morgan fingerprint density at radius 2 is 2.00 bits per heavy atom. The van der Waals surface area contributed by atoms with Crippen molar-refractivity contribution < 1.29 is 4.42 Å². The molecule has 0 radical (unpaired) electrons. The number of para-hydroxylation sites is 2. The lowest BCUT2D eigenvalue weighted by molar-refractivity contribution is 0.510. The van der Waals surface area contributed by atoms with Gasteiger partial charge in [-0.15, -0.1) is 16.7 Å². The molecule has 1 atom stereocenters. The lowest BCUT2D eigenvalue weighted by Crippen LogP contribution is -2.10. The van der Waals surface area contributed by atoms with E-state index in [0.717, 1.165) is 11.4 Å². The number of anilines is 3. The van der Waals surface area contributed by atoms with E-state index < -0.39 is 0 Å². The topological polar surface area (TPSA) is 54.2 Å². The molecule has 0 fully saturated rings. The molecule has 0 spiro atoms. The molecule has 1 unspecified atom stereocenters. The summed E-state index contributed by atoms with van der Waals surface area (Å²) in [5.74, 6) is 0.404. The van der Waals surface area contributed by atoms with Gasteiger partial charge in [-0.05, 0) is 19.1 Å². The molecule has 6 heteroatoms. The molecule has 18 heavy (non-hydrogen) atoms. The predicted octanol–water partition coefficient (Wildman–Crippen LogP) is 3.18.